The van der Waals surface area contributed by atoms with Crippen LogP contribution in [0.2, 0.25) is 0 Å². The minimum atomic E-state index is 0.236. The Balaban J connectivity index is 2.41. The standard InChI is InChI=1S/C14H26ClNO/c1-10(2)13(8-9-15)16-14(17)12-6-4-11(3)5-7-12/h10-13H,4-9H2,1-3H3,(H,16,17). The van der Waals surface area contributed by atoms with Crippen LogP contribution < -0.4 is 5.32 Å². The molecule has 0 radical (unpaired) electrons. The largest absolute Gasteiger partial charge is 0.353 e. The smallest absolute Gasteiger partial charge is 0.223 e. The molecule has 0 aromatic heterocycles. The van der Waals surface area contributed by atoms with Crippen molar-refractivity contribution in [1.29, 1.82) is 0 Å². The average molecular weight is 260 g/mol. The summed E-state index contributed by atoms with van der Waals surface area (Å²) in [5.41, 5.74) is 0. The van der Waals surface area contributed by atoms with E-state index in [1.807, 2.05) is 0 Å². The maximum atomic E-state index is 12.1. The average Bonchev–Trinajstić information content (AvgIpc) is 2.29. The van der Waals surface area contributed by atoms with Crippen LogP contribution in [0.5, 0.6) is 0 Å². The third-order valence-electron chi connectivity index (χ3n) is 3.94. The van der Waals surface area contributed by atoms with E-state index < -0.39 is 0 Å². The molecule has 0 spiro atoms. The van der Waals surface area contributed by atoms with Crippen molar-refractivity contribution in [1.82, 2.24) is 5.32 Å². The fourth-order valence-electron chi connectivity index (χ4n) is 2.51. The van der Waals surface area contributed by atoms with Gasteiger partial charge in [-0.05, 0) is 43.9 Å². The lowest BCUT2D eigenvalue weighted by Crippen LogP contribution is -2.42. The van der Waals surface area contributed by atoms with E-state index in [1.54, 1.807) is 0 Å². The van der Waals surface area contributed by atoms with Gasteiger partial charge in [0.05, 0.1) is 0 Å². The lowest BCUT2D eigenvalue weighted by molar-refractivity contribution is -0.127. The molecule has 0 aromatic rings. The molecule has 1 rings (SSSR count). The van der Waals surface area contributed by atoms with Crippen molar-refractivity contribution in [2.45, 2.75) is 58.9 Å². The van der Waals surface area contributed by atoms with Gasteiger partial charge in [0, 0.05) is 17.8 Å². The predicted molar refractivity (Wildman–Crippen MR) is 73.2 cm³/mol. The monoisotopic (exact) mass is 259 g/mol. The number of alkyl halides is 1. The van der Waals surface area contributed by atoms with Crippen molar-refractivity contribution in [3.63, 3.8) is 0 Å². The highest BCUT2D eigenvalue weighted by Crippen LogP contribution is 2.28. The molecule has 2 nitrogen and oxygen atoms in total. The van der Waals surface area contributed by atoms with Crippen molar-refractivity contribution in [2.24, 2.45) is 17.8 Å². The van der Waals surface area contributed by atoms with Crippen molar-refractivity contribution in [2.75, 3.05) is 5.88 Å². The van der Waals surface area contributed by atoms with Crippen LogP contribution in [0.3, 0.4) is 0 Å². The normalized spacial score (nSPS) is 26.9. The molecule has 1 fully saturated rings. The number of hydrogen-bond donors (Lipinski definition) is 1. The molecule has 1 N–H and O–H groups in total. The molecule has 1 amide bonds. The van der Waals surface area contributed by atoms with Crippen molar-refractivity contribution >= 4 is 17.5 Å². The van der Waals surface area contributed by atoms with Gasteiger partial charge in [-0.3, -0.25) is 4.79 Å². The molecule has 1 aliphatic carbocycles. The molecule has 1 atom stereocenters. The van der Waals surface area contributed by atoms with Gasteiger partial charge in [-0.15, -0.1) is 11.6 Å². The summed E-state index contributed by atoms with van der Waals surface area (Å²) in [5.74, 6) is 2.36. The quantitative estimate of drug-likeness (QED) is 0.752. The predicted octanol–water partition coefficient (Wildman–Crippen LogP) is 3.58. The first-order chi connectivity index (χ1) is 8.04. The zero-order valence-electron chi connectivity index (χ0n) is 11.3. The van der Waals surface area contributed by atoms with Gasteiger partial charge in [0.25, 0.3) is 0 Å². The third-order valence-corrected chi connectivity index (χ3v) is 4.16. The highest BCUT2D eigenvalue weighted by Gasteiger charge is 2.26. The Hall–Kier alpha value is -0.240. The molecular weight excluding hydrogens is 234 g/mol. The number of rotatable bonds is 5. The number of carbonyl (C=O) groups excluding carboxylic acids is 1. The second-order valence-electron chi connectivity index (χ2n) is 5.79. The Bertz CT molecular complexity index is 234. The molecule has 0 aliphatic heterocycles. The molecule has 1 aliphatic rings. The maximum Gasteiger partial charge on any atom is 0.223 e. The zero-order chi connectivity index (χ0) is 12.8. The summed E-state index contributed by atoms with van der Waals surface area (Å²) in [6.07, 6.45) is 5.37. The first-order valence-corrected chi connectivity index (χ1v) is 7.44. The first kappa shape index (κ1) is 14.8. The number of nitrogens with one attached hydrogen (secondary N) is 1. The van der Waals surface area contributed by atoms with Gasteiger partial charge in [-0.1, -0.05) is 20.8 Å². The van der Waals surface area contributed by atoms with Crippen molar-refractivity contribution in [3.05, 3.63) is 0 Å². The molecule has 3 heteroatoms. The van der Waals surface area contributed by atoms with Gasteiger partial charge in [-0.25, -0.2) is 0 Å². The number of halogens is 1. The Morgan fingerprint density at radius 1 is 1.29 bits per heavy atom. The molecule has 17 heavy (non-hydrogen) atoms. The van der Waals surface area contributed by atoms with Crippen molar-refractivity contribution in [3.8, 4) is 0 Å². The van der Waals surface area contributed by atoms with E-state index in [0.29, 0.717) is 11.8 Å². The summed E-state index contributed by atoms with van der Waals surface area (Å²) in [6, 6.07) is 0.236. The zero-order valence-corrected chi connectivity index (χ0v) is 12.1. The molecule has 0 saturated heterocycles. The number of hydrogen-bond acceptors (Lipinski definition) is 1. The fourth-order valence-corrected chi connectivity index (χ4v) is 2.75. The van der Waals surface area contributed by atoms with Crippen LogP contribution in [0.1, 0.15) is 52.9 Å². The Labute approximate surface area is 110 Å². The van der Waals surface area contributed by atoms with Crippen LogP contribution >= 0.6 is 11.6 Å². The Morgan fingerprint density at radius 2 is 1.88 bits per heavy atom. The SMILES string of the molecule is CC1CCC(C(=O)NC(CCCl)C(C)C)CC1. The second-order valence-corrected chi connectivity index (χ2v) is 6.17. The van der Waals surface area contributed by atoms with Crippen molar-refractivity contribution < 1.29 is 4.79 Å². The Kier molecular flexibility index (Phi) is 6.32. The summed E-state index contributed by atoms with van der Waals surface area (Å²) >= 11 is 5.78. The molecular formula is C14H26ClNO. The van der Waals surface area contributed by atoms with E-state index in [4.69, 9.17) is 11.6 Å². The summed E-state index contributed by atoms with van der Waals surface area (Å²) in [6.45, 7) is 6.55. The molecule has 0 heterocycles. The minimum Gasteiger partial charge on any atom is -0.353 e. The highest BCUT2D eigenvalue weighted by atomic mass is 35.5. The highest BCUT2D eigenvalue weighted by molar-refractivity contribution is 6.17. The van der Waals surface area contributed by atoms with Gasteiger partial charge in [0.1, 0.15) is 0 Å². The van der Waals surface area contributed by atoms with Gasteiger partial charge in [-0.2, -0.15) is 0 Å². The van der Waals surface area contributed by atoms with Gasteiger partial charge >= 0.3 is 0 Å². The number of amides is 1. The van der Waals surface area contributed by atoms with Crippen LogP contribution in [-0.4, -0.2) is 17.8 Å². The maximum absolute atomic E-state index is 12.1. The van der Waals surface area contributed by atoms with E-state index in [0.717, 1.165) is 25.2 Å². The fraction of sp³-hybridized carbons (Fsp3) is 0.929. The molecule has 1 unspecified atom stereocenters. The minimum absolute atomic E-state index is 0.236. The molecule has 100 valence electrons. The molecule has 0 aromatic carbocycles. The summed E-state index contributed by atoms with van der Waals surface area (Å²) in [5, 5.41) is 3.18. The second kappa shape index (κ2) is 7.25. The van der Waals surface area contributed by atoms with Crippen LogP contribution in [0.15, 0.2) is 0 Å². The van der Waals surface area contributed by atoms with E-state index in [9.17, 15) is 4.79 Å². The summed E-state index contributed by atoms with van der Waals surface area (Å²) < 4.78 is 0. The summed E-state index contributed by atoms with van der Waals surface area (Å²) in [7, 11) is 0. The van der Waals surface area contributed by atoms with E-state index in [2.05, 4.69) is 26.1 Å². The van der Waals surface area contributed by atoms with Crippen LogP contribution in [-0.2, 0) is 4.79 Å². The molecule has 1 saturated carbocycles. The van der Waals surface area contributed by atoms with Crippen LogP contribution in [0.25, 0.3) is 0 Å². The first-order valence-electron chi connectivity index (χ1n) is 6.91. The topological polar surface area (TPSA) is 29.1 Å². The van der Waals surface area contributed by atoms with Gasteiger partial charge < -0.3 is 5.32 Å². The van der Waals surface area contributed by atoms with Gasteiger partial charge in [0.15, 0.2) is 0 Å². The summed E-state index contributed by atoms with van der Waals surface area (Å²) in [4.78, 5) is 12.1. The number of carbonyl (C=O) groups is 1. The van der Waals surface area contributed by atoms with E-state index in [1.165, 1.54) is 12.8 Å². The third kappa shape index (κ3) is 4.87. The molecule has 0 bridgehead atoms. The van der Waals surface area contributed by atoms with E-state index >= 15 is 0 Å². The van der Waals surface area contributed by atoms with Gasteiger partial charge in [0.2, 0.25) is 5.91 Å². The lowest BCUT2D eigenvalue weighted by Gasteiger charge is -2.28. The van der Waals surface area contributed by atoms with Crippen LogP contribution in [0.4, 0.5) is 0 Å². The lowest BCUT2D eigenvalue weighted by atomic mass is 9.82. The Morgan fingerprint density at radius 3 is 2.35 bits per heavy atom. The van der Waals surface area contributed by atoms with Crippen LogP contribution in [0, 0.1) is 17.8 Å². The van der Waals surface area contributed by atoms with E-state index in [-0.39, 0.29) is 17.9 Å².